The van der Waals surface area contributed by atoms with Crippen LogP contribution in [0.15, 0.2) is 42.9 Å². The average molecular weight is 408 g/mol. The van der Waals surface area contributed by atoms with Crippen molar-refractivity contribution in [2.24, 2.45) is 0 Å². The monoisotopic (exact) mass is 408 g/mol. The number of hydrogen-bond donors (Lipinski definition) is 1. The Morgan fingerprint density at radius 3 is 2.67 bits per heavy atom. The summed E-state index contributed by atoms with van der Waals surface area (Å²) < 4.78 is 28.3. The third-order valence-corrected chi connectivity index (χ3v) is 4.28. The zero-order valence-corrected chi connectivity index (χ0v) is 17.3. The quantitative estimate of drug-likeness (QED) is 0.399. The number of allylic oxidation sites excluding steroid dienone is 1. The molecule has 0 radical (unpaired) electrons. The molecule has 154 valence electrons. The minimum absolute atomic E-state index is 0.0435. The van der Waals surface area contributed by atoms with Crippen molar-refractivity contribution in [1.29, 1.82) is 0 Å². The van der Waals surface area contributed by atoms with Crippen LogP contribution < -0.4 is 0 Å². The Hall–Kier alpha value is -3.50. The summed E-state index contributed by atoms with van der Waals surface area (Å²) in [5.41, 5.74) is 1.43. The Bertz CT molecular complexity index is 1180. The van der Waals surface area contributed by atoms with Crippen molar-refractivity contribution in [3.63, 3.8) is 0 Å². The molecule has 0 aliphatic carbocycles. The van der Waals surface area contributed by atoms with Crippen molar-refractivity contribution in [2.45, 2.75) is 0 Å². The van der Waals surface area contributed by atoms with Crippen molar-refractivity contribution < 1.29 is 13.6 Å². The highest BCUT2D eigenvalue weighted by atomic mass is 19.2. The van der Waals surface area contributed by atoms with E-state index in [1.807, 2.05) is 19.0 Å². The second-order valence-electron chi connectivity index (χ2n) is 7.30. The molecule has 0 fully saturated rings. The summed E-state index contributed by atoms with van der Waals surface area (Å²) in [5, 5.41) is 0.568. The minimum atomic E-state index is -1.06. The Kier molecular flexibility index (Phi) is 6.28. The number of aromatic amines is 1. The molecule has 7 heteroatoms. The van der Waals surface area contributed by atoms with E-state index in [2.05, 4.69) is 21.8 Å². The second kappa shape index (κ2) is 8.89. The maximum absolute atomic E-state index is 14.5. The molecule has 0 unspecified atom stereocenters. The number of aromatic nitrogens is 2. The van der Waals surface area contributed by atoms with E-state index in [1.165, 1.54) is 24.5 Å². The summed E-state index contributed by atoms with van der Waals surface area (Å²) in [5.74, 6) is 3.53. The molecule has 0 aliphatic rings. The maximum atomic E-state index is 14.5. The van der Waals surface area contributed by atoms with Gasteiger partial charge in [0.15, 0.2) is 17.4 Å². The van der Waals surface area contributed by atoms with Crippen LogP contribution in [0.3, 0.4) is 0 Å². The van der Waals surface area contributed by atoms with Gasteiger partial charge in [0, 0.05) is 60.3 Å². The number of Topliss-reactive ketones (excluding diaryl/α,β-unsaturated/α-hetero) is 1. The van der Waals surface area contributed by atoms with Crippen LogP contribution in [0.4, 0.5) is 8.78 Å². The van der Waals surface area contributed by atoms with Crippen LogP contribution >= 0.6 is 0 Å². The summed E-state index contributed by atoms with van der Waals surface area (Å²) in [6.45, 7) is 0.589. The molecule has 2 heterocycles. The Morgan fingerprint density at radius 1 is 1.20 bits per heavy atom. The van der Waals surface area contributed by atoms with Gasteiger partial charge >= 0.3 is 0 Å². The first-order chi connectivity index (χ1) is 14.3. The molecular weight excluding hydrogens is 386 g/mol. The predicted molar refractivity (Wildman–Crippen MR) is 114 cm³/mol. The molecule has 1 N–H and O–H groups in total. The zero-order valence-electron chi connectivity index (χ0n) is 17.3. The van der Waals surface area contributed by atoms with Crippen molar-refractivity contribution in [2.75, 3.05) is 34.7 Å². The van der Waals surface area contributed by atoms with Crippen LogP contribution in [0.1, 0.15) is 21.5 Å². The van der Waals surface area contributed by atoms with E-state index >= 15 is 0 Å². The number of benzene rings is 1. The first kappa shape index (κ1) is 21.2. The molecule has 0 spiro atoms. The van der Waals surface area contributed by atoms with Crippen LogP contribution in [0, 0.1) is 23.5 Å². The van der Waals surface area contributed by atoms with Crippen molar-refractivity contribution >= 4 is 22.4 Å². The molecule has 3 rings (SSSR count). The molecule has 1 aromatic carbocycles. The van der Waals surface area contributed by atoms with Crippen LogP contribution in [-0.4, -0.2) is 60.3 Å². The number of ketones is 1. The lowest BCUT2D eigenvalue weighted by Gasteiger charge is -2.12. The van der Waals surface area contributed by atoms with E-state index in [4.69, 9.17) is 0 Å². The number of halogens is 2. The van der Waals surface area contributed by atoms with Crippen LogP contribution in [-0.2, 0) is 0 Å². The summed E-state index contributed by atoms with van der Waals surface area (Å²) >= 11 is 0. The van der Waals surface area contributed by atoms with Crippen molar-refractivity contribution in [3.05, 3.63) is 71.2 Å². The Balaban J connectivity index is 2.09. The first-order valence-corrected chi connectivity index (χ1v) is 9.26. The highest BCUT2D eigenvalue weighted by Crippen LogP contribution is 2.28. The summed E-state index contributed by atoms with van der Waals surface area (Å²) in [6, 6.07) is 5.55. The third-order valence-electron chi connectivity index (χ3n) is 4.28. The fraction of sp³-hybridized carbons (Fsp3) is 0.217. The first-order valence-electron chi connectivity index (χ1n) is 9.26. The second-order valence-corrected chi connectivity index (χ2v) is 7.30. The number of fused-ring (bicyclic) bond motifs is 1. The Labute approximate surface area is 174 Å². The van der Waals surface area contributed by atoms with Gasteiger partial charge in [0.2, 0.25) is 0 Å². The molecule has 0 saturated carbocycles. The van der Waals surface area contributed by atoms with Gasteiger partial charge in [0.05, 0.1) is 6.54 Å². The van der Waals surface area contributed by atoms with E-state index < -0.39 is 17.4 Å². The van der Waals surface area contributed by atoms with Gasteiger partial charge in [-0.2, -0.15) is 0 Å². The van der Waals surface area contributed by atoms with Gasteiger partial charge in [-0.05, 0) is 26.2 Å². The molecule has 2 aromatic heterocycles. The van der Waals surface area contributed by atoms with E-state index in [0.29, 0.717) is 28.7 Å². The van der Waals surface area contributed by atoms with Crippen LogP contribution in [0.5, 0.6) is 0 Å². The molecule has 0 aliphatic heterocycles. The number of nitrogens with zero attached hydrogens (tertiary/aromatic N) is 3. The van der Waals surface area contributed by atoms with E-state index in [1.54, 1.807) is 31.3 Å². The molecule has 0 saturated heterocycles. The number of carbonyl (C=O) groups excluding carboxylic acids is 1. The SMILES string of the molecule is CN(C)C=C(C(=O)c1c[nH]c2ncc(C#CCN(C)C)cc12)c1cccc(F)c1F. The van der Waals surface area contributed by atoms with E-state index in [9.17, 15) is 13.6 Å². The number of hydrogen-bond acceptors (Lipinski definition) is 4. The summed E-state index contributed by atoms with van der Waals surface area (Å²) in [6.07, 6.45) is 4.63. The van der Waals surface area contributed by atoms with Gasteiger partial charge in [0.25, 0.3) is 0 Å². The number of rotatable bonds is 5. The number of nitrogens with one attached hydrogen (secondary N) is 1. The third kappa shape index (κ3) is 4.56. The van der Waals surface area contributed by atoms with Crippen molar-refractivity contribution in [3.8, 4) is 11.8 Å². The highest BCUT2D eigenvalue weighted by molar-refractivity contribution is 6.32. The Morgan fingerprint density at radius 2 is 1.97 bits per heavy atom. The molecule has 0 atom stereocenters. The number of carbonyl (C=O) groups is 1. The predicted octanol–water partition coefficient (Wildman–Crippen LogP) is 3.54. The fourth-order valence-corrected chi connectivity index (χ4v) is 2.92. The highest BCUT2D eigenvalue weighted by Gasteiger charge is 2.23. The van der Waals surface area contributed by atoms with Crippen LogP contribution in [0.2, 0.25) is 0 Å². The normalized spacial score (nSPS) is 11.5. The lowest BCUT2D eigenvalue weighted by atomic mass is 9.96. The molecule has 30 heavy (non-hydrogen) atoms. The maximum Gasteiger partial charge on any atom is 0.197 e. The molecule has 5 nitrogen and oxygen atoms in total. The lowest BCUT2D eigenvalue weighted by molar-refractivity contribution is 0.105. The van der Waals surface area contributed by atoms with E-state index in [0.717, 1.165) is 6.07 Å². The topological polar surface area (TPSA) is 52.2 Å². The van der Waals surface area contributed by atoms with Gasteiger partial charge in [-0.3, -0.25) is 9.69 Å². The minimum Gasteiger partial charge on any atom is -0.383 e. The van der Waals surface area contributed by atoms with Gasteiger partial charge in [-0.1, -0.05) is 24.0 Å². The van der Waals surface area contributed by atoms with Gasteiger partial charge in [-0.15, -0.1) is 0 Å². The molecular formula is C23H22F2N4O. The zero-order chi connectivity index (χ0) is 21.8. The summed E-state index contributed by atoms with van der Waals surface area (Å²) in [7, 11) is 7.26. The van der Waals surface area contributed by atoms with Crippen molar-refractivity contribution in [1.82, 2.24) is 19.8 Å². The summed E-state index contributed by atoms with van der Waals surface area (Å²) in [4.78, 5) is 24.2. The number of pyridine rings is 1. The smallest absolute Gasteiger partial charge is 0.197 e. The molecule has 0 bridgehead atoms. The molecule has 3 aromatic rings. The average Bonchev–Trinajstić information content (AvgIpc) is 3.11. The standard InChI is InChI=1S/C23H22F2N4O/c1-28(2)10-6-7-15-11-17-18(13-27-23(17)26-12-15)22(30)19(14-29(3)4)16-8-5-9-20(24)21(16)25/h5,8-9,11-14H,10H2,1-4H3,(H,26,27). The van der Waals surface area contributed by atoms with Gasteiger partial charge in [-0.25, -0.2) is 13.8 Å². The lowest BCUT2D eigenvalue weighted by Crippen LogP contribution is -2.11. The van der Waals surface area contributed by atoms with Gasteiger partial charge in [0.1, 0.15) is 5.65 Å². The van der Waals surface area contributed by atoms with Crippen LogP contribution in [0.25, 0.3) is 16.6 Å². The largest absolute Gasteiger partial charge is 0.383 e. The van der Waals surface area contributed by atoms with Gasteiger partial charge < -0.3 is 9.88 Å². The van der Waals surface area contributed by atoms with E-state index in [-0.39, 0.29) is 11.1 Å². The number of H-pyrrole nitrogens is 1. The molecule has 0 amide bonds. The fourth-order valence-electron chi connectivity index (χ4n) is 2.92.